The van der Waals surface area contributed by atoms with Crippen LogP contribution in [-0.4, -0.2) is 45.4 Å². The molecule has 0 spiro atoms. The molecular formula is C29H50O7. The molecule has 0 rings (SSSR count). The molecule has 208 valence electrons. The summed E-state index contributed by atoms with van der Waals surface area (Å²) in [6.07, 6.45) is 22.3. The maximum atomic E-state index is 11.8. The predicted molar refractivity (Wildman–Crippen MR) is 141 cm³/mol. The summed E-state index contributed by atoms with van der Waals surface area (Å²) in [6.45, 7) is 3.99. The third kappa shape index (κ3) is 15.3. The van der Waals surface area contributed by atoms with E-state index in [1.165, 1.54) is 77.0 Å². The largest absolute Gasteiger partial charge is 0.391 e. The molecule has 0 aromatic carbocycles. The molecule has 7 heteroatoms. The van der Waals surface area contributed by atoms with Gasteiger partial charge >= 0.3 is 11.9 Å². The fraction of sp³-hybridized carbons (Fsp3) is 0.793. The van der Waals surface area contributed by atoms with E-state index < -0.39 is 35.2 Å². The minimum absolute atomic E-state index is 0.0105. The van der Waals surface area contributed by atoms with Gasteiger partial charge in [0.2, 0.25) is 5.60 Å². The molecule has 0 saturated heterocycles. The van der Waals surface area contributed by atoms with E-state index in [4.69, 9.17) is 0 Å². The molecule has 36 heavy (non-hydrogen) atoms. The predicted octanol–water partition coefficient (Wildman–Crippen LogP) is 5.92. The Kier molecular flexibility index (Phi) is 20.1. The van der Waals surface area contributed by atoms with Gasteiger partial charge in [0.15, 0.2) is 17.7 Å². The zero-order valence-corrected chi connectivity index (χ0v) is 22.9. The van der Waals surface area contributed by atoms with E-state index in [-0.39, 0.29) is 6.42 Å². The summed E-state index contributed by atoms with van der Waals surface area (Å²) in [5.74, 6) is -4.54. The Balaban J connectivity index is 3.66. The van der Waals surface area contributed by atoms with E-state index in [9.17, 15) is 29.4 Å². The fourth-order valence-electron chi connectivity index (χ4n) is 4.07. The van der Waals surface area contributed by atoms with Crippen LogP contribution in [0.25, 0.3) is 0 Å². The molecule has 0 aliphatic heterocycles. The van der Waals surface area contributed by atoms with Crippen LogP contribution in [0.4, 0.5) is 0 Å². The molecule has 0 heterocycles. The van der Waals surface area contributed by atoms with Gasteiger partial charge in [0.05, 0.1) is 0 Å². The highest BCUT2D eigenvalue weighted by molar-refractivity contribution is 6.12. The number of rotatable bonds is 23. The van der Waals surface area contributed by atoms with Gasteiger partial charge in [-0.15, -0.1) is 0 Å². The number of ether oxygens (including phenoxy) is 1. The molecule has 0 bridgehead atoms. The lowest BCUT2D eigenvalue weighted by molar-refractivity contribution is -0.182. The molecule has 0 aromatic rings. The number of carbonyl (C=O) groups is 4. The minimum Gasteiger partial charge on any atom is -0.391 e. The van der Waals surface area contributed by atoms with Crippen molar-refractivity contribution in [2.24, 2.45) is 0 Å². The van der Waals surface area contributed by atoms with Crippen LogP contribution in [0.5, 0.6) is 0 Å². The van der Waals surface area contributed by atoms with Crippen LogP contribution in [0.1, 0.15) is 136 Å². The Hall–Kier alpha value is -1.86. The number of esters is 2. The molecule has 0 aliphatic carbocycles. The summed E-state index contributed by atoms with van der Waals surface area (Å²) in [6, 6.07) is 0. The highest BCUT2D eigenvalue weighted by atomic mass is 16.6. The highest BCUT2D eigenvalue weighted by Gasteiger charge is 2.50. The third-order valence-corrected chi connectivity index (χ3v) is 6.55. The average Bonchev–Trinajstić information content (AvgIpc) is 2.84. The molecule has 0 aliphatic rings. The van der Waals surface area contributed by atoms with Crippen molar-refractivity contribution in [3.8, 4) is 0 Å². The molecule has 0 saturated carbocycles. The first kappa shape index (κ1) is 34.1. The van der Waals surface area contributed by atoms with Crippen molar-refractivity contribution in [2.45, 2.75) is 148 Å². The molecular weight excluding hydrogens is 460 g/mol. The molecule has 0 radical (unpaired) electrons. The van der Waals surface area contributed by atoms with Crippen LogP contribution in [0.2, 0.25) is 0 Å². The van der Waals surface area contributed by atoms with Crippen LogP contribution in [-0.2, 0) is 23.9 Å². The second-order valence-electron chi connectivity index (χ2n) is 9.82. The van der Waals surface area contributed by atoms with Crippen molar-refractivity contribution in [1.29, 1.82) is 0 Å². The van der Waals surface area contributed by atoms with Crippen LogP contribution >= 0.6 is 0 Å². The van der Waals surface area contributed by atoms with Gasteiger partial charge in [0.1, 0.15) is 0 Å². The monoisotopic (exact) mass is 510 g/mol. The lowest BCUT2D eigenvalue weighted by Gasteiger charge is -2.25. The van der Waals surface area contributed by atoms with Gasteiger partial charge in [-0.05, 0) is 46.0 Å². The third-order valence-electron chi connectivity index (χ3n) is 6.55. The van der Waals surface area contributed by atoms with Crippen molar-refractivity contribution < 1.29 is 34.1 Å². The number of unbranched alkanes of at least 4 members (excludes halogenated alkanes) is 15. The Morgan fingerprint density at radius 2 is 1.08 bits per heavy atom. The number of Topliss-reactive ketones (excluding diaryl/α,β-unsaturated/α-hetero) is 2. The van der Waals surface area contributed by atoms with Gasteiger partial charge in [-0.3, -0.25) is 14.4 Å². The lowest BCUT2D eigenvalue weighted by Crippen LogP contribution is -2.57. The Morgan fingerprint density at radius 3 is 1.50 bits per heavy atom. The molecule has 0 aromatic heterocycles. The maximum Gasteiger partial charge on any atom is 0.346 e. The number of hydrogen-bond donors (Lipinski definition) is 2. The van der Waals surface area contributed by atoms with Gasteiger partial charge < -0.3 is 14.9 Å². The normalized spacial score (nSPS) is 12.6. The standard InChI is InChI=1S/C29H50O7/c1-4-5-6-7-8-9-10-11-12-13-14-15-16-17-18-19-20-21-22-23-26(32)36-28(34)27(33)29(35,24(2)30)25(3)31/h11-12,27,33,35H,4-10,13-23H2,1-3H3/b12-11-. The molecule has 1 unspecified atom stereocenters. The van der Waals surface area contributed by atoms with E-state index in [0.717, 1.165) is 39.5 Å². The van der Waals surface area contributed by atoms with Crippen molar-refractivity contribution in [2.75, 3.05) is 0 Å². The van der Waals surface area contributed by atoms with E-state index >= 15 is 0 Å². The first-order chi connectivity index (χ1) is 17.2. The molecule has 0 amide bonds. The maximum absolute atomic E-state index is 11.8. The SMILES string of the molecule is CCCCCCCC/C=C\CCCCCCCCCCCC(=O)OC(=O)C(O)C(O)(C(C)=O)C(C)=O. The van der Waals surface area contributed by atoms with Crippen molar-refractivity contribution in [3.05, 3.63) is 12.2 Å². The molecule has 2 N–H and O–H groups in total. The summed E-state index contributed by atoms with van der Waals surface area (Å²) >= 11 is 0. The second kappa shape index (κ2) is 21.2. The van der Waals surface area contributed by atoms with Gasteiger partial charge in [-0.25, -0.2) is 4.79 Å². The number of aliphatic hydroxyl groups is 2. The van der Waals surface area contributed by atoms with Gasteiger partial charge in [0, 0.05) is 6.42 Å². The van der Waals surface area contributed by atoms with Gasteiger partial charge in [-0.1, -0.05) is 96.1 Å². The van der Waals surface area contributed by atoms with Crippen LogP contribution in [0.15, 0.2) is 12.2 Å². The summed E-state index contributed by atoms with van der Waals surface area (Å²) in [7, 11) is 0. The van der Waals surface area contributed by atoms with Crippen LogP contribution < -0.4 is 0 Å². The lowest BCUT2D eigenvalue weighted by atomic mass is 9.88. The molecule has 7 nitrogen and oxygen atoms in total. The zero-order chi connectivity index (χ0) is 27.2. The van der Waals surface area contributed by atoms with E-state index in [1.807, 2.05) is 0 Å². The number of hydrogen-bond acceptors (Lipinski definition) is 7. The average molecular weight is 511 g/mol. The first-order valence-electron chi connectivity index (χ1n) is 14.0. The van der Waals surface area contributed by atoms with E-state index in [1.54, 1.807) is 0 Å². The summed E-state index contributed by atoms with van der Waals surface area (Å²) < 4.78 is 4.50. The molecule has 1 atom stereocenters. The Bertz CT molecular complexity index is 655. The van der Waals surface area contributed by atoms with E-state index in [2.05, 4.69) is 23.8 Å². The second-order valence-corrected chi connectivity index (χ2v) is 9.82. The smallest absolute Gasteiger partial charge is 0.346 e. The van der Waals surface area contributed by atoms with Crippen molar-refractivity contribution in [1.82, 2.24) is 0 Å². The molecule has 0 fully saturated rings. The number of allylic oxidation sites excluding steroid dienone is 2. The van der Waals surface area contributed by atoms with Crippen molar-refractivity contribution in [3.63, 3.8) is 0 Å². The zero-order valence-electron chi connectivity index (χ0n) is 22.9. The van der Waals surface area contributed by atoms with Crippen LogP contribution in [0, 0.1) is 0 Å². The number of ketones is 2. The number of carbonyl (C=O) groups excluding carboxylic acids is 4. The summed E-state index contributed by atoms with van der Waals surface area (Å²) in [5, 5.41) is 19.8. The number of aliphatic hydroxyl groups excluding tert-OH is 1. The summed E-state index contributed by atoms with van der Waals surface area (Å²) in [5.41, 5.74) is -2.90. The van der Waals surface area contributed by atoms with Gasteiger partial charge in [-0.2, -0.15) is 0 Å². The first-order valence-corrected chi connectivity index (χ1v) is 14.0. The highest BCUT2D eigenvalue weighted by Crippen LogP contribution is 2.17. The topological polar surface area (TPSA) is 118 Å². The van der Waals surface area contributed by atoms with E-state index in [0.29, 0.717) is 6.42 Å². The Morgan fingerprint density at radius 1 is 0.694 bits per heavy atom. The minimum atomic E-state index is -2.90. The van der Waals surface area contributed by atoms with Crippen LogP contribution in [0.3, 0.4) is 0 Å². The Labute approximate surface area is 218 Å². The van der Waals surface area contributed by atoms with Gasteiger partial charge in [0.25, 0.3) is 0 Å². The fourth-order valence-corrected chi connectivity index (χ4v) is 4.07. The quantitative estimate of drug-likeness (QED) is 0.0757. The van der Waals surface area contributed by atoms with Crippen molar-refractivity contribution >= 4 is 23.5 Å². The summed E-state index contributed by atoms with van der Waals surface area (Å²) in [4.78, 5) is 46.6.